The Balaban J connectivity index is 0.000000360. The van der Waals surface area contributed by atoms with Gasteiger partial charge in [-0.05, 0) is 50.2 Å². The smallest absolute Gasteiger partial charge is 0.422 e. The largest absolute Gasteiger partial charge is 0.484 e. The average Bonchev–Trinajstić information content (AvgIpc) is 2.76. The SMILES string of the molecule is CCOC(=O)c1ccc(OCC(F)(F)F)cc1Cl.CCOC(=O)c1ccc(OCC(F)(F)F)cc1Cl. The Hall–Kier alpha value is -2.86. The Labute approximate surface area is 212 Å². The van der Waals surface area contributed by atoms with E-state index in [0.29, 0.717) is 0 Å². The van der Waals surface area contributed by atoms with E-state index in [-0.39, 0.29) is 45.9 Å². The molecule has 0 heterocycles. The van der Waals surface area contributed by atoms with Crippen molar-refractivity contribution in [1.29, 1.82) is 0 Å². The number of halogens is 8. The van der Waals surface area contributed by atoms with Gasteiger partial charge in [-0.1, -0.05) is 23.2 Å². The molecule has 2 rings (SSSR count). The molecular weight excluding hydrogens is 545 g/mol. The van der Waals surface area contributed by atoms with Crippen LogP contribution < -0.4 is 9.47 Å². The molecule has 14 heteroatoms. The predicted molar refractivity (Wildman–Crippen MR) is 118 cm³/mol. The molecule has 0 saturated heterocycles. The minimum Gasteiger partial charge on any atom is -0.484 e. The molecule has 0 N–H and O–H groups in total. The van der Waals surface area contributed by atoms with E-state index >= 15 is 0 Å². The van der Waals surface area contributed by atoms with E-state index < -0.39 is 37.5 Å². The van der Waals surface area contributed by atoms with Crippen molar-refractivity contribution in [1.82, 2.24) is 0 Å². The summed E-state index contributed by atoms with van der Waals surface area (Å²) in [6.45, 7) is 0.798. The fourth-order valence-electron chi connectivity index (χ4n) is 2.25. The maximum absolute atomic E-state index is 11.9. The number of hydrogen-bond acceptors (Lipinski definition) is 6. The molecule has 0 aliphatic heterocycles. The molecule has 0 aromatic heterocycles. The number of rotatable bonds is 8. The van der Waals surface area contributed by atoms with Gasteiger partial charge in [0.2, 0.25) is 0 Å². The highest BCUT2D eigenvalue weighted by Crippen LogP contribution is 2.26. The van der Waals surface area contributed by atoms with Gasteiger partial charge in [-0.15, -0.1) is 0 Å². The fraction of sp³-hybridized carbons (Fsp3) is 0.364. The summed E-state index contributed by atoms with van der Waals surface area (Å²) in [5, 5.41) is -0.0405. The van der Waals surface area contributed by atoms with E-state index in [1.165, 1.54) is 24.3 Å². The Bertz CT molecular complexity index is 946. The molecule has 0 aliphatic rings. The summed E-state index contributed by atoms with van der Waals surface area (Å²) >= 11 is 11.5. The van der Waals surface area contributed by atoms with Crippen LogP contribution in [0.2, 0.25) is 10.0 Å². The molecule has 0 spiro atoms. The normalized spacial score (nSPS) is 11.2. The number of hydrogen-bond donors (Lipinski definition) is 0. The second-order valence-electron chi connectivity index (χ2n) is 6.53. The van der Waals surface area contributed by atoms with Gasteiger partial charge in [0.15, 0.2) is 13.2 Å². The minimum absolute atomic E-state index is 0.0203. The van der Waals surface area contributed by atoms with E-state index in [0.717, 1.165) is 12.1 Å². The van der Waals surface area contributed by atoms with Gasteiger partial charge in [-0.25, -0.2) is 9.59 Å². The topological polar surface area (TPSA) is 71.1 Å². The number of esters is 2. The third-order valence-corrected chi connectivity index (χ3v) is 4.30. The first-order chi connectivity index (χ1) is 16.7. The van der Waals surface area contributed by atoms with Crippen molar-refractivity contribution in [2.45, 2.75) is 26.2 Å². The van der Waals surface area contributed by atoms with Crippen LogP contribution in [0.4, 0.5) is 26.3 Å². The van der Waals surface area contributed by atoms with Crippen molar-refractivity contribution in [2.75, 3.05) is 26.4 Å². The summed E-state index contributed by atoms with van der Waals surface area (Å²) < 4.78 is 89.9. The van der Waals surface area contributed by atoms with Gasteiger partial charge in [0.05, 0.1) is 34.4 Å². The molecule has 2 aromatic rings. The zero-order valence-electron chi connectivity index (χ0n) is 18.8. The summed E-state index contributed by atoms with van der Waals surface area (Å²) in [7, 11) is 0. The predicted octanol–water partition coefficient (Wildman–Crippen LogP) is 6.92. The molecule has 0 unspecified atom stereocenters. The molecule has 0 atom stereocenters. The lowest BCUT2D eigenvalue weighted by atomic mass is 10.2. The van der Waals surface area contributed by atoms with E-state index in [1.54, 1.807) is 13.8 Å². The fourth-order valence-corrected chi connectivity index (χ4v) is 2.75. The molecule has 0 saturated carbocycles. The first kappa shape index (κ1) is 31.2. The zero-order valence-corrected chi connectivity index (χ0v) is 20.3. The molecule has 0 aliphatic carbocycles. The highest BCUT2D eigenvalue weighted by molar-refractivity contribution is 6.34. The molecule has 36 heavy (non-hydrogen) atoms. The summed E-state index contributed by atoms with van der Waals surface area (Å²) in [5.41, 5.74) is 0.163. The number of carbonyl (C=O) groups is 2. The van der Waals surface area contributed by atoms with E-state index in [2.05, 4.69) is 9.47 Å². The Kier molecular flexibility index (Phi) is 12.1. The van der Waals surface area contributed by atoms with Crippen LogP contribution in [0, 0.1) is 0 Å². The van der Waals surface area contributed by atoms with Crippen LogP contribution in [0.1, 0.15) is 34.6 Å². The van der Waals surface area contributed by atoms with Crippen molar-refractivity contribution in [2.24, 2.45) is 0 Å². The average molecular weight is 565 g/mol. The number of benzene rings is 2. The highest BCUT2D eigenvalue weighted by Gasteiger charge is 2.29. The Morgan fingerprint density at radius 1 is 0.694 bits per heavy atom. The second kappa shape index (κ2) is 14.0. The molecule has 0 fully saturated rings. The summed E-state index contributed by atoms with van der Waals surface area (Å²) in [4.78, 5) is 22.7. The summed E-state index contributed by atoms with van der Waals surface area (Å²) in [5.74, 6) is -1.40. The van der Waals surface area contributed by atoms with Gasteiger partial charge in [-0.3, -0.25) is 0 Å². The van der Waals surface area contributed by atoms with Crippen LogP contribution in [0.5, 0.6) is 11.5 Å². The van der Waals surface area contributed by atoms with Gasteiger partial charge in [0, 0.05) is 0 Å². The summed E-state index contributed by atoms with van der Waals surface area (Å²) in [6.07, 6.45) is -8.85. The van der Waals surface area contributed by atoms with Crippen molar-refractivity contribution < 1.29 is 54.9 Å². The van der Waals surface area contributed by atoms with E-state index in [4.69, 9.17) is 32.7 Å². The second-order valence-corrected chi connectivity index (χ2v) is 7.35. The maximum atomic E-state index is 11.9. The van der Waals surface area contributed by atoms with Crippen LogP contribution in [0.3, 0.4) is 0 Å². The molecule has 0 amide bonds. The third kappa shape index (κ3) is 11.7. The van der Waals surface area contributed by atoms with Crippen LogP contribution in [0.15, 0.2) is 36.4 Å². The molecule has 0 radical (unpaired) electrons. The van der Waals surface area contributed by atoms with Crippen molar-refractivity contribution in [3.05, 3.63) is 57.6 Å². The van der Waals surface area contributed by atoms with Gasteiger partial charge < -0.3 is 18.9 Å². The number of carbonyl (C=O) groups excluding carboxylic acids is 2. The number of alkyl halides is 6. The van der Waals surface area contributed by atoms with Crippen LogP contribution in [0.25, 0.3) is 0 Å². The quantitative estimate of drug-likeness (QED) is 0.256. The zero-order chi connectivity index (χ0) is 27.5. The molecule has 2 aromatic carbocycles. The maximum Gasteiger partial charge on any atom is 0.422 e. The molecule has 6 nitrogen and oxygen atoms in total. The Morgan fingerprint density at radius 2 is 1.03 bits per heavy atom. The van der Waals surface area contributed by atoms with Crippen LogP contribution in [-0.4, -0.2) is 50.7 Å². The monoisotopic (exact) mass is 564 g/mol. The molecule has 0 bridgehead atoms. The van der Waals surface area contributed by atoms with Gasteiger partial charge in [0.25, 0.3) is 0 Å². The van der Waals surface area contributed by atoms with Gasteiger partial charge in [-0.2, -0.15) is 26.3 Å². The van der Waals surface area contributed by atoms with Gasteiger partial charge >= 0.3 is 24.3 Å². The minimum atomic E-state index is -4.42. The first-order valence-electron chi connectivity index (χ1n) is 9.99. The lowest BCUT2D eigenvalue weighted by Crippen LogP contribution is -2.19. The van der Waals surface area contributed by atoms with Crippen molar-refractivity contribution in [3.63, 3.8) is 0 Å². The number of ether oxygens (including phenoxy) is 4. The van der Waals surface area contributed by atoms with Crippen molar-refractivity contribution in [3.8, 4) is 11.5 Å². The molecule has 200 valence electrons. The highest BCUT2D eigenvalue weighted by atomic mass is 35.5. The van der Waals surface area contributed by atoms with E-state index in [1.807, 2.05) is 0 Å². The lowest BCUT2D eigenvalue weighted by Gasteiger charge is -2.10. The van der Waals surface area contributed by atoms with Crippen LogP contribution >= 0.6 is 23.2 Å². The van der Waals surface area contributed by atoms with Gasteiger partial charge in [0.1, 0.15) is 11.5 Å². The standard InChI is InChI=1S/2C11H10ClF3O3/c2*1-2-17-10(16)8-4-3-7(5-9(8)12)18-6-11(13,14)15/h2*3-5H,2,6H2,1H3. The first-order valence-corrected chi connectivity index (χ1v) is 10.7. The summed E-state index contributed by atoms with van der Waals surface area (Å²) in [6, 6.07) is 7.24. The Morgan fingerprint density at radius 3 is 1.28 bits per heavy atom. The van der Waals surface area contributed by atoms with E-state index in [9.17, 15) is 35.9 Å². The van der Waals surface area contributed by atoms with Crippen molar-refractivity contribution >= 4 is 35.1 Å². The lowest BCUT2D eigenvalue weighted by molar-refractivity contribution is -0.154. The third-order valence-electron chi connectivity index (χ3n) is 3.68. The van der Waals surface area contributed by atoms with Crippen LogP contribution in [-0.2, 0) is 9.47 Å². The molecular formula is C22H20Cl2F6O6.